The molecule has 0 fully saturated rings. The maximum absolute atomic E-state index is 13.7. The van der Waals surface area contributed by atoms with Gasteiger partial charge in [0.05, 0.1) is 6.04 Å². The molecule has 0 aliphatic carbocycles. The van der Waals surface area contributed by atoms with Crippen molar-refractivity contribution in [1.29, 1.82) is 0 Å². The van der Waals surface area contributed by atoms with E-state index in [9.17, 15) is 14.0 Å². The van der Waals surface area contributed by atoms with E-state index in [2.05, 4.69) is 4.57 Å². The van der Waals surface area contributed by atoms with Gasteiger partial charge < -0.3 is 14.4 Å². The van der Waals surface area contributed by atoms with Crippen molar-refractivity contribution in [2.45, 2.75) is 38.9 Å². The maximum Gasteiger partial charge on any atom is 0.254 e. The lowest BCUT2D eigenvalue weighted by molar-refractivity contribution is -0.135. The molecule has 5 nitrogen and oxygen atoms in total. The first kappa shape index (κ1) is 21.8. The van der Waals surface area contributed by atoms with Crippen LogP contribution in [0.1, 0.15) is 48.4 Å². The van der Waals surface area contributed by atoms with Gasteiger partial charge in [-0.1, -0.05) is 36.4 Å². The molecule has 0 spiro atoms. The van der Waals surface area contributed by atoms with Crippen LogP contribution in [0.25, 0.3) is 0 Å². The fraction of sp³-hybridized carbons (Fsp3) is 0.308. The van der Waals surface area contributed by atoms with Crippen LogP contribution in [0.15, 0.2) is 72.9 Å². The number of hydrogen-bond donors (Lipinski definition) is 0. The molecule has 166 valence electrons. The third-order valence-electron chi connectivity index (χ3n) is 5.89. The summed E-state index contributed by atoms with van der Waals surface area (Å²) >= 11 is 0. The second-order valence-corrected chi connectivity index (χ2v) is 9.10. The van der Waals surface area contributed by atoms with Gasteiger partial charge in [-0.05, 0) is 56.7 Å². The number of rotatable bonds is 4. The van der Waals surface area contributed by atoms with Crippen LogP contribution in [0, 0.1) is 5.82 Å². The Balaban J connectivity index is 1.65. The van der Waals surface area contributed by atoms with Crippen LogP contribution < -0.4 is 0 Å². The zero-order valence-corrected chi connectivity index (χ0v) is 18.7. The normalized spacial score (nSPS) is 15.9. The topological polar surface area (TPSA) is 45.6 Å². The van der Waals surface area contributed by atoms with Gasteiger partial charge in [0, 0.05) is 36.1 Å². The van der Waals surface area contributed by atoms with Gasteiger partial charge in [-0.25, -0.2) is 4.39 Å². The number of amides is 2. The first-order chi connectivity index (χ1) is 15.3. The number of fused-ring (bicyclic) bond motifs is 1. The highest BCUT2D eigenvalue weighted by Gasteiger charge is 2.36. The zero-order chi connectivity index (χ0) is 22.9. The minimum Gasteiger partial charge on any atom is -0.348 e. The maximum atomic E-state index is 13.7. The van der Waals surface area contributed by atoms with E-state index in [1.165, 1.54) is 23.1 Å². The second-order valence-electron chi connectivity index (χ2n) is 9.10. The molecule has 0 radical (unpaired) electrons. The predicted octanol–water partition coefficient (Wildman–Crippen LogP) is 4.50. The first-order valence-electron chi connectivity index (χ1n) is 10.8. The van der Waals surface area contributed by atoms with Gasteiger partial charge in [-0.15, -0.1) is 0 Å². The summed E-state index contributed by atoms with van der Waals surface area (Å²) in [6.07, 6.45) is 2.03. The van der Waals surface area contributed by atoms with E-state index in [4.69, 9.17) is 0 Å². The first-order valence-corrected chi connectivity index (χ1v) is 10.8. The molecule has 0 saturated heterocycles. The number of carbonyl (C=O) groups is 2. The van der Waals surface area contributed by atoms with Gasteiger partial charge in [0.2, 0.25) is 5.91 Å². The van der Waals surface area contributed by atoms with E-state index in [-0.39, 0.29) is 30.0 Å². The fourth-order valence-corrected chi connectivity index (χ4v) is 4.26. The third-order valence-corrected chi connectivity index (χ3v) is 5.89. The second kappa shape index (κ2) is 8.61. The summed E-state index contributed by atoms with van der Waals surface area (Å²) in [6, 6.07) is 19.3. The predicted molar refractivity (Wildman–Crippen MR) is 122 cm³/mol. The summed E-state index contributed by atoms with van der Waals surface area (Å²) in [7, 11) is 0. The van der Waals surface area contributed by atoms with Crippen LogP contribution in [-0.4, -0.2) is 44.8 Å². The molecular weight excluding hydrogens is 405 g/mol. The number of carbonyl (C=O) groups excluding carboxylic acids is 2. The quantitative estimate of drug-likeness (QED) is 0.608. The van der Waals surface area contributed by atoms with E-state index in [1.807, 2.05) is 74.3 Å². The number of hydrogen-bond acceptors (Lipinski definition) is 2. The van der Waals surface area contributed by atoms with Gasteiger partial charge in [0.25, 0.3) is 5.91 Å². The van der Waals surface area contributed by atoms with Crippen LogP contribution in [0.3, 0.4) is 0 Å². The van der Waals surface area contributed by atoms with Crippen LogP contribution in [0.5, 0.6) is 0 Å². The summed E-state index contributed by atoms with van der Waals surface area (Å²) in [4.78, 5) is 30.3. The number of halogens is 1. The molecule has 0 N–H and O–H groups in total. The Morgan fingerprint density at radius 3 is 2.44 bits per heavy atom. The highest BCUT2D eigenvalue weighted by atomic mass is 19.1. The smallest absolute Gasteiger partial charge is 0.254 e. The molecule has 3 aromatic rings. The largest absolute Gasteiger partial charge is 0.348 e. The highest BCUT2D eigenvalue weighted by Crippen LogP contribution is 2.33. The van der Waals surface area contributed by atoms with E-state index in [0.29, 0.717) is 13.1 Å². The summed E-state index contributed by atoms with van der Waals surface area (Å²) in [5.41, 5.74) is 1.70. The Labute approximate surface area is 188 Å². The number of nitrogens with zero attached hydrogens (tertiary/aromatic N) is 3. The van der Waals surface area contributed by atoms with E-state index in [0.717, 1.165) is 11.3 Å². The van der Waals surface area contributed by atoms with Crippen LogP contribution in [0.2, 0.25) is 0 Å². The minimum atomic E-state index is -0.614. The molecule has 1 aromatic heterocycles. The SMILES string of the molecule is CC(C)(C)N(CC(=O)N1CCn2cccc2C1c1ccccc1)C(=O)c1cccc(F)c1. The van der Waals surface area contributed by atoms with Crippen LogP contribution >= 0.6 is 0 Å². The lowest BCUT2D eigenvalue weighted by atomic mass is 9.99. The monoisotopic (exact) mass is 433 g/mol. The van der Waals surface area contributed by atoms with Gasteiger partial charge in [-0.3, -0.25) is 9.59 Å². The fourth-order valence-electron chi connectivity index (χ4n) is 4.26. The van der Waals surface area contributed by atoms with Crippen molar-refractivity contribution >= 4 is 11.8 Å². The van der Waals surface area contributed by atoms with Crippen molar-refractivity contribution in [1.82, 2.24) is 14.4 Å². The molecule has 1 atom stereocenters. The van der Waals surface area contributed by atoms with Crippen LogP contribution in [0.4, 0.5) is 4.39 Å². The Kier molecular flexibility index (Phi) is 5.87. The summed E-state index contributed by atoms with van der Waals surface area (Å²) in [5.74, 6) is -0.968. The standard InChI is InChI=1S/C26H28FN3O2/c1-26(2,3)30(25(32)20-11-7-12-21(27)17-20)18-23(31)29-16-15-28-14-8-13-22(28)24(29)19-9-5-4-6-10-19/h4-14,17,24H,15-16,18H2,1-3H3. The average Bonchev–Trinajstić information content (AvgIpc) is 3.25. The molecule has 6 heteroatoms. The molecule has 32 heavy (non-hydrogen) atoms. The van der Waals surface area contributed by atoms with Crippen molar-refractivity contribution in [3.05, 3.63) is 95.6 Å². The zero-order valence-electron chi connectivity index (χ0n) is 18.7. The Bertz CT molecular complexity index is 1120. The molecular formula is C26H28FN3O2. The molecule has 1 aliphatic rings. The molecule has 2 heterocycles. The summed E-state index contributed by atoms with van der Waals surface area (Å²) in [5, 5.41) is 0. The Morgan fingerprint density at radius 1 is 1.00 bits per heavy atom. The summed E-state index contributed by atoms with van der Waals surface area (Å²) < 4.78 is 15.9. The lowest BCUT2D eigenvalue weighted by Gasteiger charge is -2.41. The average molecular weight is 434 g/mol. The highest BCUT2D eigenvalue weighted by molar-refractivity contribution is 5.97. The van der Waals surface area contributed by atoms with Crippen molar-refractivity contribution in [3.8, 4) is 0 Å². The van der Waals surface area contributed by atoms with Crippen molar-refractivity contribution in [3.63, 3.8) is 0 Å². The van der Waals surface area contributed by atoms with Gasteiger partial charge in [0.15, 0.2) is 0 Å². The molecule has 1 unspecified atom stereocenters. The Morgan fingerprint density at radius 2 is 1.75 bits per heavy atom. The van der Waals surface area contributed by atoms with Gasteiger partial charge in [0.1, 0.15) is 12.4 Å². The summed E-state index contributed by atoms with van der Waals surface area (Å²) in [6.45, 7) is 6.81. The molecule has 4 rings (SSSR count). The lowest BCUT2D eigenvalue weighted by Crippen LogP contribution is -2.53. The van der Waals surface area contributed by atoms with Crippen molar-refractivity contribution in [2.75, 3.05) is 13.1 Å². The van der Waals surface area contributed by atoms with E-state index in [1.54, 1.807) is 6.07 Å². The molecule has 1 aliphatic heterocycles. The van der Waals surface area contributed by atoms with Gasteiger partial charge in [-0.2, -0.15) is 0 Å². The molecule has 2 aromatic carbocycles. The third kappa shape index (κ3) is 4.31. The van der Waals surface area contributed by atoms with E-state index < -0.39 is 11.4 Å². The van der Waals surface area contributed by atoms with Crippen molar-refractivity contribution in [2.24, 2.45) is 0 Å². The van der Waals surface area contributed by atoms with Crippen molar-refractivity contribution < 1.29 is 14.0 Å². The number of benzene rings is 2. The Hall–Kier alpha value is -3.41. The van der Waals surface area contributed by atoms with Gasteiger partial charge >= 0.3 is 0 Å². The molecule has 0 saturated carbocycles. The molecule has 2 amide bonds. The molecule has 0 bridgehead atoms. The van der Waals surface area contributed by atoms with Crippen LogP contribution in [-0.2, 0) is 11.3 Å². The number of aromatic nitrogens is 1. The van der Waals surface area contributed by atoms with E-state index >= 15 is 0 Å². The minimum absolute atomic E-state index is 0.0805.